The molecule has 0 aliphatic heterocycles. The van der Waals surface area contributed by atoms with Crippen molar-refractivity contribution in [3.63, 3.8) is 0 Å². The number of nitrogens with one attached hydrogen (secondary N) is 2. The van der Waals surface area contributed by atoms with Gasteiger partial charge in [0.2, 0.25) is 0 Å². The largest absolute Gasteiger partial charge is 0.354 e. The number of aromatic nitrogens is 1. The number of H-pyrrole nitrogens is 1. The first kappa shape index (κ1) is 15.7. The number of carbonyl (C=O) groups excluding carboxylic acids is 1. The summed E-state index contributed by atoms with van der Waals surface area (Å²) < 4.78 is 13.6. The molecule has 0 atom stereocenters. The Morgan fingerprint density at radius 1 is 1.00 bits per heavy atom. The maximum Gasteiger partial charge on any atom is 0.251 e. The summed E-state index contributed by atoms with van der Waals surface area (Å²) in [4.78, 5) is 15.3. The smallest absolute Gasteiger partial charge is 0.251 e. The van der Waals surface area contributed by atoms with Crippen molar-refractivity contribution >= 4 is 39.3 Å². The van der Waals surface area contributed by atoms with Gasteiger partial charge in [0.05, 0.1) is 5.02 Å². The molecule has 25 heavy (non-hydrogen) atoms. The van der Waals surface area contributed by atoms with Gasteiger partial charge in [0.15, 0.2) is 0 Å². The molecule has 4 rings (SSSR count). The van der Waals surface area contributed by atoms with Gasteiger partial charge in [-0.3, -0.25) is 4.79 Å². The lowest BCUT2D eigenvalue weighted by molar-refractivity contribution is 0.0951. The number of halogens is 2. The minimum atomic E-state index is -0.448. The first-order valence-corrected chi connectivity index (χ1v) is 8.22. The summed E-state index contributed by atoms with van der Waals surface area (Å²) >= 11 is 5.88. The minimum Gasteiger partial charge on any atom is -0.354 e. The van der Waals surface area contributed by atoms with Crippen LogP contribution in [0.1, 0.15) is 15.9 Å². The summed E-state index contributed by atoms with van der Waals surface area (Å²) in [6, 6.07) is 17.9. The fraction of sp³-hybridized carbons (Fsp3) is 0.0500. The summed E-state index contributed by atoms with van der Waals surface area (Å²) in [5, 5.41) is 4.85. The zero-order chi connectivity index (χ0) is 17.4. The van der Waals surface area contributed by atoms with Gasteiger partial charge in [0.1, 0.15) is 5.82 Å². The Labute approximate surface area is 148 Å². The number of hydrogen-bond donors (Lipinski definition) is 2. The average molecular weight is 353 g/mol. The fourth-order valence-electron chi connectivity index (χ4n) is 2.93. The van der Waals surface area contributed by atoms with Crippen LogP contribution in [0.15, 0.2) is 60.7 Å². The van der Waals surface area contributed by atoms with E-state index in [0.29, 0.717) is 17.6 Å². The topological polar surface area (TPSA) is 44.9 Å². The van der Waals surface area contributed by atoms with Gasteiger partial charge < -0.3 is 10.3 Å². The molecule has 0 saturated heterocycles. The van der Waals surface area contributed by atoms with Crippen molar-refractivity contribution in [2.75, 3.05) is 0 Å². The lowest BCUT2D eigenvalue weighted by Crippen LogP contribution is -2.22. The predicted molar refractivity (Wildman–Crippen MR) is 98.4 cm³/mol. The molecule has 0 aliphatic carbocycles. The molecule has 0 fully saturated rings. The van der Waals surface area contributed by atoms with Crippen LogP contribution in [-0.4, -0.2) is 10.9 Å². The molecule has 1 heterocycles. The Bertz CT molecular complexity index is 1090. The van der Waals surface area contributed by atoms with Crippen LogP contribution < -0.4 is 5.32 Å². The second-order valence-electron chi connectivity index (χ2n) is 5.87. The molecule has 0 spiro atoms. The first-order valence-electron chi connectivity index (χ1n) is 7.84. The normalized spacial score (nSPS) is 11.1. The summed E-state index contributed by atoms with van der Waals surface area (Å²) in [5.74, 6) is -0.567. The lowest BCUT2D eigenvalue weighted by atomic mass is 10.1. The van der Waals surface area contributed by atoms with Crippen LogP contribution in [0.5, 0.6) is 0 Å². The van der Waals surface area contributed by atoms with E-state index in [0.717, 1.165) is 21.9 Å². The number of fused-ring (bicyclic) bond motifs is 3. The number of carbonyl (C=O) groups is 1. The van der Waals surface area contributed by atoms with E-state index >= 15 is 0 Å². The number of benzene rings is 3. The number of hydrogen-bond acceptors (Lipinski definition) is 1. The van der Waals surface area contributed by atoms with Gasteiger partial charge in [0, 0.05) is 33.9 Å². The highest BCUT2D eigenvalue weighted by Crippen LogP contribution is 2.30. The number of aromatic amines is 1. The molecule has 0 bridgehead atoms. The predicted octanol–water partition coefficient (Wildman–Crippen LogP) is 5.04. The standard InChI is InChI=1S/C20H14ClFN2O/c21-16-9-15-14-7-6-12(8-18(14)24-19(15)10-17(16)22)11-23-20(25)13-4-2-1-3-5-13/h1-10,24H,11H2,(H,23,25). The van der Waals surface area contributed by atoms with Crippen LogP contribution >= 0.6 is 11.6 Å². The lowest BCUT2D eigenvalue weighted by Gasteiger charge is -2.05. The van der Waals surface area contributed by atoms with E-state index in [2.05, 4.69) is 10.3 Å². The second kappa shape index (κ2) is 6.22. The third-order valence-electron chi connectivity index (χ3n) is 4.19. The van der Waals surface area contributed by atoms with Gasteiger partial charge in [-0.1, -0.05) is 41.9 Å². The van der Waals surface area contributed by atoms with Crippen molar-refractivity contribution in [1.29, 1.82) is 0 Å². The molecule has 1 aromatic heterocycles. The van der Waals surface area contributed by atoms with Crippen molar-refractivity contribution in [3.05, 3.63) is 82.6 Å². The average Bonchev–Trinajstić information content (AvgIpc) is 2.97. The highest BCUT2D eigenvalue weighted by molar-refractivity contribution is 6.32. The molecular formula is C20H14ClFN2O. The molecule has 5 heteroatoms. The Morgan fingerprint density at radius 3 is 2.56 bits per heavy atom. The summed E-state index contributed by atoms with van der Waals surface area (Å²) in [6.45, 7) is 0.411. The van der Waals surface area contributed by atoms with Gasteiger partial charge in [-0.15, -0.1) is 0 Å². The van der Waals surface area contributed by atoms with Crippen molar-refractivity contribution in [3.8, 4) is 0 Å². The second-order valence-corrected chi connectivity index (χ2v) is 6.27. The van der Waals surface area contributed by atoms with Crippen LogP contribution in [0.2, 0.25) is 5.02 Å². The van der Waals surface area contributed by atoms with Gasteiger partial charge in [-0.2, -0.15) is 0 Å². The van der Waals surface area contributed by atoms with Crippen LogP contribution in [0.25, 0.3) is 21.8 Å². The molecular weight excluding hydrogens is 339 g/mol. The maximum absolute atomic E-state index is 13.6. The molecule has 3 aromatic carbocycles. The summed E-state index contributed by atoms with van der Waals surface area (Å²) in [7, 11) is 0. The molecule has 0 aliphatic rings. The molecule has 0 radical (unpaired) electrons. The Balaban J connectivity index is 1.61. The van der Waals surface area contributed by atoms with E-state index in [-0.39, 0.29) is 10.9 Å². The SMILES string of the molecule is O=C(NCc1ccc2c(c1)[nH]c1cc(F)c(Cl)cc12)c1ccccc1. The van der Waals surface area contributed by atoms with E-state index in [1.807, 2.05) is 36.4 Å². The molecule has 1 amide bonds. The van der Waals surface area contributed by atoms with E-state index in [4.69, 9.17) is 11.6 Å². The summed E-state index contributed by atoms with van der Waals surface area (Å²) in [5.41, 5.74) is 3.15. The monoisotopic (exact) mass is 352 g/mol. The molecule has 4 aromatic rings. The fourth-order valence-corrected chi connectivity index (χ4v) is 3.10. The van der Waals surface area contributed by atoms with Crippen LogP contribution in [-0.2, 0) is 6.54 Å². The molecule has 2 N–H and O–H groups in total. The Kier molecular flexibility index (Phi) is 3.90. The van der Waals surface area contributed by atoms with Crippen LogP contribution in [0.3, 0.4) is 0 Å². The third kappa shape index (κ3) is 2.96. The van der Waals surface area contributed by atoms with Crippen LogP contribution in [0.4, 0.5) is 4.39 Å². The highest BCUT2D eigenvalue weighted by atomic mass is 35.5. The quantitative estimate of drug-likeness (QED) is 0.533. The zero-order valence-corrected chi connectivity index (χ0v) is 13.9. The third-order valence-corrected chi connectivity index (χ3v) is 4.48. The summed E-state index contributed by atoms with van der Waals surface area (Å²) in [6.07, 6.45) is 0. The minimum absolute atomic E-state index is 0.104. The van der Waals surface area contributed by atoms with Crippen molar-refractivity contribution < 1.29 is 9.18 Å². The van der Waals surface area contributed by atoms with Crippen molar-refractivity contribution in [2.45, 2.75) is 6.54 Å². The zero-order valence-electron chi connectivity index (χ0n) is 13.1. The van der Waals surface area contributed by atoms with Crippen molar-refractivity contribution in [1.82, 2.24) is 10.3 Å². The van der Waals surface area contributed by atoms with Gasteiger partial charge >= 0.3 is 0 Å². The molecule has 3 nitrogen and oxygen atoms in total. The maximum atomic E-state index is 13.6. The Morgan fingerprint density at radius 2 is 1.76 bits per heavy atom. The van der Waals surface area contributed by atoms with Gasteiger partial charge in [0.25, 0.3) is 5.91 Å². The molecule has 124 valence electrons. The number of rotatable bonds is 3. The van der Waals surface area contributed by atoms with Gasteiger partial charge in [-0.05, 0) is 35.9 Å². The van der Waals surface area contributed by atoms with E-state index in [9.17, 15) is 9.18 Å². The first-order chi connectivity index (χ1) is 12.1. The van der Waals surface area contributed by atoms with Crippen LogP contribution in [0, 0.1) is 5.82 Å². The number of amides is 1. The Hall–Kier alpha value is -2.85. The van der Waals surface area contributed by atoms with E-state index in [1.165, 1.54) is 6.07 Å². The highest BCUT2D eigenvalue weighted by Gasteiger charge is 2.10. The van der Waals surface area contributed by atoms with E-state index < -0.39 is 5.82 Å². The molecule has 0 unspecified atom stereocenters. The molecule has 0 saturated carbocycles. The van der Waals surface area contributed by atoms with E-state index in [1.54, 1.807) is 18.2 Å². The van der Waals surface area contributed by atoms with Gasteiger partial charge in [-0.25, -0.2) is 4.39 Å². The van der Waals surface area contributed by atoms with Crippen molar-refractivity contribution in [2.24, 2.45) is 0 Å².